The Morgan fingerprint density at radius 3 is 2.41 bits per heavy atom. The van der Waals surface area contributed by atoms with E-state index >= 15 is 0 Å². The highest BCUT2D eigenvalue weighted by molar-refractivity contribution is 5.70. The molecule has 0 aliphatic heterocycles. The number of carbonyl (C=O) groups is 1. The summed E-state index contributed by atoms with van der Waals surface area (Å²) in [5.41, 5.74) is -0.764. The van der Waals surface area contributed by atoms with Crippen LogP contribution in [0.15, 0.2) is 10.5 Å². The monoisotopic (exact) mass is 311 g/mol. The zero-order chi connectivity index (χ0) is 17.1. The summed E-state index contributed by atoms with van der Waals surface area (Å²) in [5, 5.41) is 13.8. The van der Waals surface area contributed by atoms with Crippen LogP contribution >= 0.6 is 0 Å². The molecule has 5 heteroatoms. The molecule has 5 nitrogen and oxygen atoms in total. The molecule has 1 rings (SSSR count). The second kappa shape index (κ2) is 6.84. The summed E-state index contributed by atoms with van der Waals surface area (Å²) in [6, 6.07) is 1.75. The van der Waals surface area contributed by atoms with E-state index in [1.54, 1.807) is 6.92 Å². The maximum Gasteiger partial charge on any atom is 0.307 e. The summed E-state index contributed by atoms with van der Waals surface area (Å²) < 4.78 is 10.8. The van der Waals surface area contributed by atoms with Gasteiger partial charge in [0.1, 0.15) is 22.7 Å². The third kappa shape index (κ3) is 5.81. The van der Waals surface area contributed by atoms with E-state index in [9.17, 15) is 9.90 Å². The number of hydrogen-bond acceptors (Lipinski definition) is 5. The van der Waals surface area contributed by atoms with Gasteiger partial charge in [-0.25, -0.2) is 0 Å². The van der Waals surface area contributed by atoms with Crippen molar-refractivity contribution < 1.29 is 19.1 Å². The average molecular weight is 311 g/mol. The molecule has 2 atom stereocenters. The fourth-order valence-electron chi connectivity index (χ4n) is 2.34. The second-order valence-electron chi connectivity index (χ2n) is 7.17. The van der Waals surface area contributed by atoms with Crippen LogP contribution in [-0.4, -0.2) is 29.3 Å². The van der Waals surface area contributed by atoms with E-state index in [-0.39, 0.29) is 18.4 Å². The Morgan fingerprint density at radius 2 is 1.95 bits per heavy atom. The molecule has 0 aromatic carbocycles. The Bertz CT molecular complexity index is 511. The fourth-order valence-corrected chi connectivity index (χ4v) is 2.34. The first-order valence-corrected chi connectivity index (χ1v) is 7.66. The lowest BCUT2D eigenvalue weighted by molar-refractivity contribution is -0.155. The van der Waals surface area contributed by atoms with Crippen LogP contribution < -0.4 is 5.32 Å². The predicted octanol–water partition coefficient (Wildman–Crippen LogP) is 2.81. The summed E-state index contributed by atoms with van der Waals surface area (Å²) in [7, 11) is 0. The lowest BCUT2D eigenvalue weighted by Gasteiger charge is -2.26. The molecule has 0 saturated heterocycles. The highest BCUT2D eigenvalue weighted by Gasteiger charge is 2.28. The third-order valence-electron chi connectivity index (χ3n) is 3.31. The molecule has 0 amide bonds. The Balaban J connectivity index is 2.54. The number of rotatable bonds is 6. The van der Waals surface area contributed by atoms with Crippen LogP contribution in [0, 0.1) is 13.8 Å². The molecule has 1 aromatic heterocycles. The predicted molar refractivity (Wildman–Crippen MR) is 85.7 cm³/mol. The number of hydrogen-bond donors (Lipinski definition) is 2. The standard InChI is InChI=1S/C17H29NO4/c1-11(8-15(19)22-16(4,5)6)18-10-17(7,20)14-9-12(2)21-13(14)3/h9,11,18,20H,8,10H2,1-7H3. The number of aliphatic hydroxyl groups is 1. The van der Waals surface area contributed by atoms with Gasteiger partial charge in [0, 0.05) is 18.2 Å². The molecule has 0 aliphatic carbocycles. The summed E-state index contributed by atoms with van der Waals surface area (Å²) in [5.74, 6) is 1.24. The van der Waals surface area contributed by atoms with Gasteiger partial charge < -0.3 is 19.6 Å². The van der Waals surface area contributed by atoms with Crippen LogP contribution in [0.4, 0.5) is 0 Å². The van der Waals surface area contributed by atoms with Crippen molar-refractivity contribution in [1.82, 2.24) is 5.32 Å². The van der Waals surface area contributed by atoms with E-state index < -0.39 is 11.2 Å². The minimum Gasteiger partial charge on any atom is -0.466 e. The molecule has 22 heavy (non-hydrogen) atoms. The molecule has 0 aliphatic rings. The van der Waals surface area contributed by atoms with Crippen LogP contribution in [0.3, 0.4) is 0 Å². The molecule has 0 radical (unpaired) electrons. The highest BCUT2D eigenvalue weighted by atomic mass is 16.6. The summed E-state index contributed by atoms with van der Waals surface area (Å²) in [6.07, 6.45) is 0.261. The molecule has 126 valence electrons. The lowest BCUT2D eigenvalue weighted by Crippen LogP contribution is -2.41. The van der Waals surface area contributed by atoms with Gasteiger partial charge in [0.2, 0.25) is 0 Å². The number of ether oxygens (including phenoxy) is 1. The van der Waals surface area contributed by atoms with Gasteiger partial charge in [-0.15, -0.1) is 0 Å². The maximum atomic E-state index is 11.8. The minimum atomic E-state index is -1.05. The molecular weight excluding hydrogens is 282 g/mol. The van der Waals surface area contributed by atoms with Crippen molar-refractivity contribution in [2.75, 3.05) is 6.54 Å². The summed E-state index contributed by atoms with van der Waals surface area (Å²) in [6.45, 7) is 13.2. The van der Waals surface area contributed by atoms with Crippen molar-refractivity contribution in [2.24, 2.45) is 0 Å². The smallest absolute Gasteiger partial charge is 0.307 e. The number of carbonyl (C=O) groups excluding carboxylic acids is 1. The van der Waals surface area contributed by atoms with Gasteiger partial charge in [-0.05, 0) is 54.5 Å². The molecule has 1 heterocycles. The van der Waals surface area contributed by atoms with Gasteiger partial charge in [-0.1, -0.05) is 0 Å². The van der Waals surface area contributed by atoms with E-state index in [0.29, 0.717) is 12.3 Å². The van der Waals surface area contributed by atoms with Crippen molar-refractivity contribution in [1.29, 1.82) is 0 Å². The van der Waals surface area contributed by atoms with E-state index in [4.69, 9.17) is 9.15 Å². The lowest BCUT2D eigenvalue weighted by atomic mass is 9.96. The fraction of sp³-hybridized carbons (Fsp3) is 0.706. The van der Waals surface area contributed by atoms with E-state index in [0.717, 1.165) is 11.3 Å². The molecule has 2 N–H and O–H groups in total. The van der Waals surface area contributed by atoms with Crippen LogP contribution in [0.1, 0.15) is 58.1 Å². The van der Waals surface area contributed by atoms with E-state index in [2.05, 4.69) is 5.32 Å². The van der Waals surface area contributed by atoms with Gasteiger partial charge in [0.15, 0.2) is 0 Å². The summed E-state index contributed by atoms with van der Waals surface area (Å²) >= 11 is 0. The Kier molecular flexibility index (Phi) is 5.82. The highest BCUT2D eigenvalue weighted by Crippen LogP contribution is 2.26. The Labute approximate surface area is 133 Å². The van der Waals surface area contributed by atoms with Crippen molar-refractivity contribution in [3.8, 4) is 0 Å². The largest absolute Gasteiger partial charge is 0.466 e. The van der Waals surface area contributed by atoms with Gasteiger partial charge >= 0.3 is 5.97 Å². The van der Waals surface area contributed by atoms with E-state index in [1.165, 1.54) is 0 Å². The Hall–Kier alpha value is -1.33. The summed E-state index contributed by atoms with van der Waals surface area (Å²) in [4.78, 5) is 11.8. The zero-order valence-electron chi connectivity index (χ0n) is 14.7. The third-order valence-corrected chi connectivity index (χ3v) is 3.31. The Morgan fingerprint density at radius 1 is 1.36 bits per heavy atom. The second-order valence-corrected chi connectivity index (χ2v) is 7.17. The molecule has 0 bridgehead atoms. The quantitative estimate of drug-likeness (QED) is 0.790. The number of furan rings is 1. The number of nitrogens with one attached hydrogen (secondary N) is 1. The first-order valence-electron chi connectivity index (χ1n) is 7.66. The number of esters is 1. The molecule has 0 fully saturated rings. The molecule has 1 aromatic rings. The SMILES string of the molecule is Cc1cc(C(C)(O)CNC(C)CC(=O)OC(C)(C)C)c(C)o1. The van der Waals surface area contributed by atoms with Gasteiger partial charge in [0.25, 0.3) is 0 Å². The normalized spacial score (nSPS) is 16.2. The average Bonchev–Trinajstić information content (AvgIpc) is 2.64. The maximum absolute atomic E-state index is 11.8. The molecule has 2 unspecified atom stereocenters. The van der Waals surface area contributed by atoms with Crippen LogP contribution in [0.25, 0.3) is 0 Å². The first kappa shape index (κ1) is 18.7. The topological polar surface area (TPSA) is 71.7 Å². The molecule has 0 spiro atoms. The van der Waals surface area contributed by atoms with Crippen LogP contribution in [0.5, 0.6) is 0 Å². The molecular formula is C17H29NO4. The number of aryl methyl sites for hydroxylation is 2. The van der Waals surface area contributed by atoms with Gasteiger partial charge in [-0.2, -0.15) is 0 Å². The van der Waals surface area contributed by atoms with Crippen molar-refractivity contribution in [2.45, 2.75) is 72.1 Å². The minimum absolute atomic E-state index is 0.0883. The zero-order valence-corrected chi connectivity index (χ0v) is 14.7. The molecule has 0 saturated carbocycles. The van der Waals surface area contributed by atoms with Crippen LogP contribution in [-0.2, 0) is 15.1 Å². The van der Waals surface area contributed by atoms with Crippen molar-refractivity contribution >= 4 is 5.97 Å². The first-order chi connectivity index (χ1) is 9.90. The van der Waals surface area contributed by atoms with Crippen LogP contribution in [0.2, 0.25) is 0 Å². The van der Waals surface area contributed by atoms with Gasteiger partial charge in [0.05, 0.1) is 6.42 Å². The van der Waals surface area contributed by atoms with Crippen molar-refractivity contribution in [3.05, 3.63) is 23.2 Å². The van der Waals surface area contributed by atoms with Crippen molar-refractivity contribution in [3.63, 3.8) is 0 Å². The van der Waals surface area contributed by atoms with E-state index in [1.807, 2.05) is 47.6 Å². The van der Waals surface area contributed by atoms with Gasteiger partial charge in [-0.3, -0.25) is 4.79 Å².